The lowest BCUT2D eigenvalue weighted by Crippen LogP contribution is -2.35. The number of benzene rings is 1. The summed E-state index contributed by atoms with van der Waals surface area (Å²) in [7, 11) is 3.80. The number of methoxy groups -OCH3 is 1. The first-order chi connectivity index (χ1) is 8.61. The predicted octanol–water partition coefficient (Wildman–Crippen LogP) is 2.85. The van der Waals surface area contributed by atoms with E-state index in [9.17, 15) is 0 Å². The molecular weight excluding hydrogens is 248 g/mol. The molecule has 1 aliphatic rings. The molecule has 0 aromatic heterocycles. The van der Waals surface area contributed by atoms with Crippen LogP contribution in [-0.4, -0.2) is 33.3 Å². The van der Waals surface area contributed by atoms with Gasteiger partial charge in [0.2, 0.25) is 0 Å². The Kier molecular flexibility index (Phi) is 4.36. The van der Waals surface area contributed by atoms with Crippen molar-refractivity contribution in [3.05, 3.63) is 22.7 Å². The molecule has 2 rings (SSSR count). The van der Waals surface area contributed by atoms with Gasteiger partial charge in [-0.15, -0.1) is 0 Å². The molecule has 1 unspecified atom stereocenters. The van der Waals surface area contributed by atoms with E-state index in [1.165, 1.54) is 12.8 Å². The van der Waals surface area contributed by atoms with E-state index in [1.54, 1.807) is 7.11 Å². The third-order valence-corrected chi connectivity index (χ3v) is 3.71. The summed E-state index contributed by atoms with van der Waals surface area (Å²) in [4.78, 5) is 2.22. The molecule has 0 spiro atoms. The lowest BCUT2D eigenvalue weighted by Gasteiger charge is -2.26. The number of aryl methyl sites for hydroxylation is 1. The molecule has 1 fully saturated rings. The zero-order valence-corrected chi connectivity index (χ0v) is 12.0. The van der Waals surface area contributed by atoms with Crippen LogP contribution in [0.1, 0.15) is 18.4 Å². The molecule has 1 aromatic carbocycles. The average Bonchev–Trinajstić information content (AvgIpc) is 2.80. The van der Waals surface area contributed by atoms with Crippen LogP contribution in [0.15, 0.2) is 12.1 Å². The highest BCUT2D eigenvalue weighted by molar-refractivity contribution is 6.31. The van der Waals surface area contributed by atoms with Crippen molar-refractivity contribution in [1.82, 2.24) is 5.32 Å². The van der Waals surface area contributed by atoms with Crippen LogP contribution >= 0.6 is 11.6 Å². The standard InChI is InChI=1S/C14H21ClN2O/c1-10-7-11(15)8-13(14(10)18-3)17(2)9-12-5-4-6-16-12/h7-8,12,16H,4-6,9H2,1-3H3. The van der Waals surface area contributed by atoms with Gasteiger partial charge in [0.1, 0.15) is 5.75 Å². The minimum atomic E-state index is 0.569. The lowest BCUT2D eigenvalue weighted by molar-refractivity contribution is 0.411. The Morgan fingerprint density at radius 2 is 2.28 bits per heavy atom. The van der Waals surface area contributed by atoms with E-state index in [-0.39, 0.29) is 0 Å². The molecule has 1 saturated heterocycles. The smallest absolute Gasteiger partial charge is 0.145 e. The number of likely N-dealkylation sites (N-methyl/N-ethyl adjacent to an activating group) is 1. The van der Waals surface area contributed by atoms with Gasteiger partial charge in [-0.2, -0.15) is 0 Å². The number of anilines is 1. The van der Waals surface area contributed by atoms with Crippen LogP contribution < -0.4 is 15.0 Å². The Morgan fingerprint density at radius 3 is 2.89 bits per heavy atom. The molecule has 0 aliphatic carbocycles. The maximum Gasteiger partial charge on any atom is 0.145 e. The quantitative estimate of drug-likeness (QED) is 0.909. The predicted molar refractivity (Wildman–Crippen MR) is 77.0 cm³/mol. The first-order valence-corrected chi connectivity index (χ1v) is 6.78. The monoisotopic (exact) mass is 268 g/mol. The minimum absolute atomic E-state index is 0.569. The van der Waals surface area contributed by atoms with E-state index in [0.717, 1.165) is 35.1 Å². The van der Waals surface area contributed by atoms with Crippen molar-refractivity contribution in [2.75, 3.05) is 32.1 Å². The van der Waals surface area contributed by atoms with Gasteiger partial charge in [0.05, 0.1) is 12.8 Å². The normalized spacial score (nSPS) is 19.0. The first-order valence-electron chi connectivity index (χ1n) is 6.40. The SMILES string of the molecule is COc1c(C)cc(Cl)cc1N(C)CC1CCCN1. The topological polar surface area (TPSA) is 24.5 Å². The highest BCUT2D eigenvalue weighted by Gasteiger charge is 2.19. The van der Waals surface area contributed by atoms with Crippen molar-refractivity contribution in [3.63, 3.8) is 0 Å². The van der Waals surface area contributed by atoms with E-state index < -0.39 is 0 Å². The molecular formula is C14H21ClN2O. The van der Waals surface area contributed by atoms with Crippen molar-refractivity contribution in [2.45, 2.75) is 25.8 Å². The Hall–Kier alpha value is -0.930. The number of hydrogen-bond acceptors (Lipinski definition) is 3. The van der Waals surface area contributed by atoms with Crippen molar-refractivity contribution < 1.29 is 4.74 Å². The lowest BCUT2D eigenvalue weighted by atomic mass is 10.1. The average molecular weight is 269 g/mol. The third-order valence-electron chi connectivity index (χ3n) is 3.49. The van der Waals surface area contributed by atoms with Crippen LogP contribution in [0.25, 0.3) is 0 Å². The van der Waals surface area contributed by atoms with Crippen LogP contribution in [-0.2, 0) is 0 Å². The van der Waals surface area contributed by atoms with Crippen molar-refractivity contribution in [2.24, 2.45) is 0 Å². The fourth-order valence-electron chi connectivity index (χ4n) is 2.60. The number of hydrogen-bond donors (Lipinski definition) is 1. The highest BCUT2D eigenvalue weighted by Crippen LogP contribution is 2.34. The molecule has 1 heterocycles. The molecule has 1 atom stereocenters. The molecule has 0 saturated carbocycles. The van der Waals surface area contributed by atoms with Gasteiger partial charge in [-0.25, -0.2) is 0 Å². The van der Waals surface area contributed by atoms with Crippen LogP contribution in [0.3, 0.4) is 0 Å². The molecule has 3 nitrogen and oxygen atoms in total. The number of halogens is 1. The molecule has 1 aliphatic heterocycles. The Bertz CT molecular complexity index is 417. The molecule has 100 valence electrons. The van der Waals surface area contributed by atoms with Crippen molar-refractivity contribution in [3.8, 4) is 5.75 Å². The van der Waals surface area contributed by atoms with Crippen LogP contribution in [0, 0.1) is 6.92 Å². The van der Waals surface area contributed by atoms with Crippen LogP contribution in [0.5, 0.6) is 5.75 Å². The van der Waals surface area contributed by atoms with E-state index in [1.807, 2.05) is 19.1 Å². The van der Waals surface area contributed by atoms with Gasteiger partial charge >= 0.3 is 0 Å². The van der Waals surface area contributed by atoms with E-state index in [4.69, 9.17) is 16.3 Å². The number of rotatable bonds is 4. The summed E-state index contributed by atoms with van der Waals surface area (Å²) in [6.45, 7) is 4.14. The summed E-state index contributed by atoms with van der Waals surface area (Å²) in [5.41, 5.74) is 2.14. The Morgan fingerprint density at radius 1 is 1.50 bits per heavy atom. The Labute approximate surface area is 114 Å². The van der Waals surface area contributed by atoms with E-state index in [2.05, 4.69) is 17.3 Å². The molecule has 0 amide bonds. The second-order valence-corrected chi connectivity index (χ2v) is 5.39. The summed E-state index contributed by atoms with van der Waals surface area (Å²) in [6.07, 6.45) is 2.51. The van der Waals surface area contributed by atoms with Crippen molar-refractivity contribution in [1.29, 1.82) is 0 Å². The zero-order valence-electron chi connectivity index (χ0n) is 11.3. The zero-order chi connectivity index (χ0) is 13.1. The van der Waals surface area contributed by atoms with Gasteiger partial charge in [-0.3, -0.25) is 0 Å². The summed E-state index contributed by atoms with van der Waals surface area (Å²) >= 11 is 6.14. The molecule has 0 bridgehead atoms. The number of nitrogens with zero attached hydrogens (tertiary/aromatic N) is 1. The maximum atomic E-state index is 6.14. The molecule has 1 N–H and O–H groups in total. The van der Waals surface area contributed by atoms with Crippen molar-refractivity contribution >= 4 is 17.3 Å². The van der Waals surface area contributed by atoms with E-state index >= 15 is 0 Å². The summed E-state index contributed by atoms with van der Waals surface area (Å²) in [6, 6.07) is 4.48. The molecule has 18 heavy (non-hydrogen) atoms. The first kappa shape index (κ1) is 13.5. The second kappa shape index (κ2) is 5.81. The fraction of sp³-hybridized carbons (Fsp3) is 0.571. The largest absolute Gasteiger partial charge is 0.494 e. The highest BCUT2D eigenvalue weighted by atomic mass is 35.5. The Balaban J connectivity index is 2.19. The summed E-state index contributed by atoms with van der Waals surface area (Å²) in [5, 5.41) is 4.27. The van der Waals surface area contributed by atoms with Gasteiger partial charge in [-0.05, 0) is 44.0 Å². The number of nitrogens with one attached hydrogen (secondary N) is 1. The molecule has 1 aromatic rings. The van der Waals surface area contributed by atoms with E-state index in [0.29, 0.717) is 6.04 Å². The summed E-state index contributed by atoms with van der Waals surface area (Å²) in [5.74, 6) is 0.917. The number of ether oxygens (including phenoxy) is 1. The molecule has 4 heteroatoms. The second-order valence-electron chi connectivity index (χ2n) is 4.95. The van der Waals surface area contributed by atoms with Gasteiger partial charge < -0.3 is 15.0 Å². The fourth-order valence-corrected chi connectivity index (χ4v) is 2.87. The third kappa shape index (κ3) is 2.90. The van der Waals surface area contributed by atoms with Gasteiger partial charge in [0, 0.05) is 24.7 Å². The van der Waals surface area contributed by atoms with Gasteiger partial charge in [-0.1, -0.05) is 11.6 Å². The van der Waals surface area contributed by atoms with Gasteiger partial charge in [0.15, 0.2) is 0 Å². The van der Waals surface area contributed by atoms with Gasteiger partial charge in [0.25, 0.3) is 0 Å². The molecule has 0 radical (unpaired) electrons. The van der Waals surface area contributed by atoms with Crippen LogP contribution in [0.4, 0.5) is 5.69 Å². The minimum Gasteiger partial charge on any atom is -0.494 e. The van der Waals surface area contributed by atoms with Crippen LogP contribution in [0.2, 0.25) is 5.02 Å². The summed E-state index contributed by atoms with van der Waals surface area (Å²) < 4.78 is 5.50. The maximum absolute atomic E-state index is 6.14.